The Morgan fingerprint density at radius 2 is 1.79 bits per heavy atom. The topological polar surface area (TPSA) is 88.8 Å². The molecule has 0 aliphatic carbocycles. The Bertz CT molecular complexity index is 899. The Labute approximate surface area is 163 Å². The molecule has 1 N–H and O–H groups in total. The number of hydrogen-bond donors (Lipinski definition) is 1. The van der Waals surface area contributed by atoms with E-state index in [1.54, 1.807) is 11.0 Å². The van der Waals surface area contributed by atoms with Gasteiger partial charge < -0.3 is 10.2 Å². The molecule has 1 saturated heterocycles. The lowest BCUT2D eigenvalue weighted by Gasteiger charge is -2.31. The van der Waals surface area contributed by atoms with Gasteiger partial charge in [-0.15, -0.1) is 10.2 Å². The van der Waals surface area contributed by atoms with Gasteiger partial charge in [0.05, 0.1) is 0 Å². The van der Waals surface area contributed by atoms with Crippen molar-refractivity contribution in [2.75, 3.05) is 18.0 Å². The number of nitrogens with zero attached hydrogens (tertiary/aromatic N) is 6. The maximum Gasteiger partial charge on any atom is 0.223 e. The highest BCUT2D eigenvalue weighted by molar-refractivity contribution is 5.79. The highest BCUT2D eigenvalue weighted by Crippen LogP contribution is 2.22. The number of piperidine rings is 1. The Morgan fingerprint density at radius 1 is 1.07 bits per heavy atom. The summed E-state index contributed by atoms with van der Waals surface area (Å²) in [5, 5.41) is 15.6. The van der Waals surface area contributed by atoms with Crippen LogP contribution in [0.15, 0.2) is 49.1 Å². The quantitative estimate of drug-likeness (QED) is 0.731. The first-order valence-electron chi connectivity index (χ1n) is 9.46. The van der Waals surface area contributed by atoms with Gasteiger partial charge in [0.25, 0.3) is 0 Å². The summed E-state index contributed by atoms with van der Waals surface area (Å²) in [6, 6.07) is 12.0. The molecule has 1 aliphatic heterocycles. The van der Waals surface area contributed by atoms with Gasteiger partial charge in [-0.1, -0.05) is 29.8 Å². The number of amides is 1. The average molecular weight is 377 g/mol. The lowest BCUT2D eigenvalue weighted by molar-refractivity contribution is -0.125. The van der Waals surface area contributed by atoms with Crippen molar-refractivity contribution in [1.29, 1.82) is 0 Å². The van der Waals surface area contributed by atoms with E-state index in [-0.39, 0.29) is 11.8 Å². The van der Waals surface area contributed by atoms with Crippen LogP contribution in [0, 0.1) is 12.8 Å². The first-order chi connectivity index (χ1) is 13.7. The molecular weight excluding hydrogens is 354 g/mol. The first kappa shape index (κ1) is 18.1. The molecule has 144 valence electrons. The summed E-state index contributed by atoms with van der Waals surface area (Å²) >= 11 is 0. The van der Waals surface area contributed by atoms with Crippen LogP contribution in [0.2, 0.25) is 0 Å². The van der Waals surface area contributed by atoms with Crippen molar-refractivity contribution in [2.45, 2.75) is 26.3 Å². The fourth-order valence-electron chi connectivity index (χ4n) is 3.35. The van der Waals surface area contributed by atoms with E-state index < -0.39 is 0 Å². The summed E-state index contributed by atoms with van der Waals surface area (Å²) in [5.41, 5.74) is 2.35. The SMILES string of the molecule is Cc1ccc(CNC(=O)C2CCN(c3ccc(-n4cncn4)nn3)CC2)cc1. The van der Waals surface area contributed by atoms with Gasteiger partial charge in [-0.3, -0.25) is 4.79 Å². The maximum absolute atomic E-state index is 12.5. The molecular formula is C20H23N7O. The zero-order valence-corrected chi connectivity index (χ0v) is 15.8. The maximum atomic E-state index is 12.5. The van der Waals surface area contributed by atoms with E-state index in [0.29, 0.717) is 12.4 Å². The Morgan fingerprint density at radius 3 is 2.43 bits per heavy atom. The van der Waals surface area contributed by atoms with Gasteiger partial charge in [-0.05, 0) is 37.5 Å². The van der Waals surface area contributed by atoms with Crippen LogP contribution >= 0.6 is 0 Å². The predicted octanol–water partition coefficient (Wildman–Crippen LogP) is 1.90. The van der Waals surface area contributed by atoms with Crippen LogP contribution in [0.5, 0.6) is 0 Å². The van der Waals surface area contributed by atoms with Gasteiger partial charge in [0.2, 0.25) is 5.91 Å². The molecule has 8 nitrogen and oxygen atoms in total. The van der Waals surface area contributed by atoms with Crippen LogP contribution < -0.4 is 10.2 Å². The molecule has 1 amide bonds. The summed E-state index contributed by atoms with van der Waals surface area (Å²) < 4.78 is 1.57. The minimum atomic E-state index is 0.0454. The zero-order valence-electron chi connectivity index (χ0n) is 15.8. The third-order valence-corrected chi connectivity index (χ3v) is 5.07. The van der Waals surface area contributed by atoms with Gasteiger partial charge in [-0.25, -0.2) is 9.67 Å². The highest BCUT2D eigenvalue weighted by atomic mass is 16.1. The molecule has 1 aromatic carbocycles. The van der Waals surface area contributed by atoms with Crippen molar-refractivity contribution in [3.63, 3.8) is 0 Å². The van der Waals surface area contributed by atoms with Crippen molar-refractivity contribution in [1.82, 2.24) is 30.3 Å². The number of rotatable bonds is 5. The minimum absolute atomic E-state index is 0.0454. The van der Waals surface area contributed by atoms with Gasteiger partial charge in [0.15, 0.2) is 11.6 Å². The van der Waals surface area contributed by atoms with Crippen molar-refractivity contribution in [2.24, 2.45) is 5.92 Å². The molecule has 0 spiro atoms. The number of carbonyl (C=O) groups is 1. The van der Waals surface area contributed by atoms with Crippen molar-refractivity contribution < 1.29 is 4.79 Å². The van der Waals surface area contributed by atoms with Gasteiger partial charge in [-0.2, -0.15) is 5.10 Å². The summed E-state index contributed by atoms with van der Waals surface area (Å²) in [4.78, 5) is 18.6. The van der Waals surface area contributed by atoms with E-state index in [1.165, 1.54) is 11.9 Å². The summed E-state index contributed by atoms with van der Waals surface area (Å²) in [7, 11) is 0. The van der Waals surface area contributed by atoms with Crippen molar-refractivity contribution in [3.8, 4) is 5.82 Å². The second kappa shape index (κ2) is 8.16. The smallest absolute Gasteiger partial charge is 0.223 e. The summed E-state index contributed by atoms with van der Waals surface area (Å²) in [6.45, 7) is 4.22. The summed E-state index contributed by atoms with van der Waals surface area (Å²) in [6.07, 6.45) is 4.67. The molecule has 0 saturated carbocycles. The van der Waals surface area contributed by atoms with Gasteiger partial charge >= 0.3 is 0 Å². The molecule has 3 heterocycles. The van der Waals surface area contributed by atoms with Crippen LogP contribution in [0.25, 0.3) is 5.82 Å². The van der Waals surface area contributed by atoms with Crippen molar-refractivity contribution >= 4 is 11.7 Å². The molecule has 2 aromatic heterocycles. The fraction of sp³-hybridized carbons (Fsp3) is 0.350. The standard InChI is InChI=1S/C20H23N7O/c1-15-2-4-16(5-3-15)12-22-20(28)17-8-10-26(11-9-17)18-6-7-19(25-24-18)27-14-21-13-23-27/h2-7,13-14,17H,8-12H2,1H3,(H,22,28). The number of anilines is 1. The predicted molar refractivity (Wildman–Crippen MR) is 105 cm³/mol. The monoisotopic (exact) mass is 377 g/mol. The molecule has 1 aliphatic rings. The van der Waals surface area contributed by atoms with Gasteiger partial charge in [0, 0.05) is 25.6 Å². The molecule has 4 rings (SSSR count). The Balaban J connectivity index is 1.28. The van der Waals surface area contributed by atoms with Crippen LogP contribution in [-0.2, 0) is 11.3 Å². The molecule has 28 heavy (non-hydrogen) atoms. The molecule has 0 unspecified atom stereocenters. The van der Waals surface area contributed by atoms with Gasteiger partial charge in [0.1, 0.15) is 12.7 Å². The van der Waals surface area contributed by atoms with E-state index >= 15 is 0 Å². The number of hydrogen-bond acceptors (Lipinski definition) is 6. The zero-order chi connectivity index (χ0) is 19.3. The van der Waals surface area contributed by atoms with E-state index in [0.717, 1.165) is 37.3 Å². The third kappa shape index (κ3) is 4.16. The van der Waals surface area contributed by atoms with Crippen LogP contribution in [0.3, 0.4) is 0 Å². The molecule has 8 heteroatoms. The number of aromatic nitrogens is 5. The van der Waals surface area contributed by atoms with E-state index in [1.807, 2.05) is 12.1 Å². The van der Waals surface area contributed by atoms with Crippen LogP contribution in [0.4, 0.5) is 5.82 Å². The highest BCUT2D eigenvalue weighted by Gasteiger charge is 2.25. The second-order valence-corrected chi connectivity index (χ2v) is 7.05. The third-order valence-electron chi connectivity index (χ3n) is 5.07. The Kier molecular flexibility index (Phi) is 5.27. The van der Waals surface area contributed by atoms with Crippen molar-refractivity contribution in [3.05, 3.63) is 60.2 Å². The summed E-state index contributed by atoms with van der Waals surface area (Å²) in [5.74, 6) is 1.63. The minimum Gasteiger partial charge on any atom is -0.355 e. The molecule has 0 atom stereocenters. The lowest BCUT2D eigenvalue weighted by Crippen LogP contribution is -2.40. The molecule has 0 bridgehead atoms. The number of nitrogens with one attached hydrogen (secondary N) is 1. The van der Waals surface area contributed by atoms with E-state index in [9.17, 15) is 4.79 Å². The van der Waals surface area contributed by atoms with Crippen LogP contribution in [-0.4, -0.2) is 44.0 Å². The van der Waals surface area contributed by atoms with Crippen LogP contribution in [0.1, 0.15) is 24.0 Å². The second-order valence-electron chi connectivity index (χ2n) is 7.05. The van der Waals surface area contributed by atoms with E-state index in [4.69, 9.17) is 0 Å². The Hall–Kier alpha value is -3.29. The largest absolute Gasteiger partial charge is 0.355 e. The van der Waals surface area contributed by atoms with E-state index in [2.05, 4.69) is 61.7 Å². The lowest BCUT2D eigenvalue weighted by atomic mass is 9.96. The number of carbonyl (C=O) groups excluding carboxylic acids is 1. The average Bonchev–Trinajstić information content (AvgIpc) is 3.28. The molecule has 0 radical (unpaired) electrons. The number of aryl methyl sites for hydroxylation is 1. The first-order valence-corrected chi connectivity index (χ1v) is 9.46. The number of benzene rings is 1. The molecule has 1 fully saturated rings. The fourth-order valence-corrected chi connectivity index (χ4v) is 3.35. The molecule has 3 aromatic rings. The normalized spacial score (nSPS) is 14.8.